The number of carbonyl (C=O) groups excluding carboxylic acids is 1. The predicted molar refractivity (Wildman–Crippen MR) is 121 cm³/mol. The first kappa shape index (κ1) is 20.8. The van der Waals surface area contributed by atoms with Crippen molar-refractivity contribution in [3.05, 3.63) is 94.8 Å². The number of carboxylic acids is 1. The molecule has 3 aromatic rings. The summed E-state index contributed by atoms with van der Waals surface area (Å²) in [4.78, 5) is 33.7. The molecule has 1 aromatic heterocycles. The quantitative estimate of drug-likeness (QED) is 0.656. The molecule has 0 amide bonds. The Morgan fingerprint density at radius 3 is 2.55 bits per heavy atom. The van der Waals surface area contributed by atoms with Crippen molar-refractivity contribution in [1.82, 2.24) is 9.97 Å². The Bertz CT molecular complexity index is 1340. The van der Waals surface area contributed by atoms with Crippen molar-refractivity contribution in [2.45, 2.75) is 25.2 Å². The number of carbonyl (C=O) groups is 2. The lowest BCUT2D eigenvalue weighted by Crippen LogP contribution is -2.48. The summed E-state index contributed by atoms with van der Waals surface area (Å²) in [6.07, 6.45) is 5.18. The SMILES string of the molecule is C[C@@H]1C(=O)C(C#N)=C[C@]2(c3ccccc3)c3nc(-c4ccc(C(=O)O)cc4)ncc3CCC12. The van der Waals surface area contributed by atoms with E-state index in [1.54, 1.807) is 12.1 Å². The van der Waals surface area contributed by atoms with Crippen LogP contribution in [0.1, 0.15) is 40.5 Å². The van der Waals surface area contributed by atoms with Crippen LogP contribution >= 0.6 is 0 Å². The topological polar surface area (TPSA) is 104 Å². The highest BCUT2D eigenvalue weighted by Crippen LogP contribution is 2.53. The van der Waals surface area contributed by atoms with E-state index < -0.39 is 11.4 Å². The molecule has 0 saturated heterocycles. The Labute approximate surface area is 191 Å². The number of rotatable bonds is 3. The van der Waals surface area contributed by atoms with Crippen LogP contribution in [0.3, 0.4) is 0 Å². The molecule has 0 saturated carbocycles. The van der Waals surface area contributed by atoms with E-state index >= 15 is 0 Å². The summed E-state index contributed by atoms with van der Waals surface area (Å²) in [6.45, 7) is 1.91. The van der Waals surface area contributed by atoms with Crippen molar-refractivity contribution >= 4 is 11.8 Å². The van der Waals surface area contributed by atoms with Crippen molar-refractivity contribution in [3.63, 3.8) is 0 Å². The van der Waals surface area contributed by atoms with Gasteiger partial charge in [-0.1, -0.05) is 49.4 Å². The number of allylic oxidation sites excluding steroid dienone is 2. The highest BCUT2D eigenvalue weighted by atomic mass is 16.4. The largest absolute Gasteiger partial charge is 0.478 e. The molecule has 33 heavy (non-hydrogen) atoms. The summed E-state index contributed by atoms with van der Waals surface area (Å²) >= 11 is 0. The van der Waals surface area contributed by atoms with Crippen LogP contribution in [0.2, 0.25) is 0 Å². The second kappa shape index (κ2) is 7.79. The van der Waals surface area contributed by atoms with Crippen LogP contribution in [0.25, 0.3) is 11.4 Å². The summed E-state index contributed by atoms with van der Waals surface area (Å²) in [7, 11) is 0. The Balaban J connectivity index is 1.76. The summed E-state index contributed by atoms with van der Waals surface area (Å²) in [5.74, 6) is -0.969. The van der Waals surface area contributed by atoms with E-state index in [-0.39, 0.29) is 28.8 Å². The van der Waals surface area contributed by atoms with Gasteiger partial charge in [0.1, 0.15) is 6.07 Å². The maximum absolute atomic E-state index is 12.9. The molecule has 162 valence electrons. The summed E-state index contributed by atoms with van der Waals surface area (Å²) in [6, 6.07) is 18.5. The highest BCUT2D eigenvalue weighted by molar-refractivity contribution is 6.02. The lowest BCUT2D eigenvalue weighted by atomic mass is 9.54. The third-order valence-electron chi connectivity index (χ3n) is 6.98. The zero-order valence-corrected chi connectivity index (χ0v) is 18.0. The molecular formula is C27H21N3O3. The maximum atomic E-state index is 12.9. The fraction of sp³-hybridized carbons (Fsp3) is 0.222. The summed E-state index contributed by atoms with van der Waals surface area (Å²) in [5, 5.41) is 19.0. The van der Waals surface area contributed by atoms with Gasteiger partial charge < -0.3 is 5.11 Å². The third-order valence-corrected chi connectivity index (χ3v) is 6.98. The monoisotopic (exact) mass is 435 g/mol. The predicted octanol–water partition coefficient (Wildman–Crippen LogP) is 4.36. The minimum absolute atomic E-state index is 0.0332. The number of fused-ring (bicyclic) bond motifs is 3. The van der Waals surface area contributed by atoms with Gasteiger partial charge in [-0.15, -0.1) is 0 Å². The first-order valence-electron chi connectivity index (χ1n) is 10.9. The van der Waals surface area contributed by atoms with Crippen LogP contribution in [0.5, 0.6) is 0 Å². The van der Waals surface area contributed by atoms with Gasteiger partial charge in [-0.3, -0.25) is 4.79 Å². The highest BCUT2D eigenvalue weighted by Gasteiger charge is 2.52. The molecule has 2 aromatic carbocycles. The molecule has 1 heterocycles. The molecule has 1 unspecified atom stereocenters. The van der Waals surface area contributed by atoms with Crippen LogP contribution in [0.4, 0.5) is 0 Å². The number of aromatic nitrogens is 2. The molecule has 0 radical (unpaired) electrons. The molecule has 2 aliphatic carbocycles. The number of aryl methyl sites for hydroxylation is 1. The Hall–Kier alpha value is -4.11. The zero-order valence-electron chi connectivity index (χ0n) is 18.0. The third kappa shape index (κ3) is 3.16. The fourth-order valence-electron chi connectivity index (χ4n) is 5.35. The van der Waals surface area contributed by atoms with E-state index in [1.165, 1.54) is 12.1 Å². The normalized spacial score (nSPS) is 23.6. The lowest BCUT2D eigenvalue weighted by Gasteiger charge is -2.47. The smallest absolute Gasteiger partial charge is 0.335 e. The van der Waals surface area contributed by atoms with Gasteiger partial charge in [0.25, 0.3) is 0 Å². The van der Waals surface area contributed by atoms with Gasteiger partial charge in [-0.05, 0) is 48.1 Å². The molecule has 0 fully saturated rings. The molecule has 6 nitrogen and oxygen atoms in total. The average molecular weight is 435 g/mol. The number of benzene rings is 2. The van der Waals surface area contributed by atoms with Gasteiger partial charge in [0.15, 0.2) is 11.6 Å². The number of carboxylic acid groups (broad SMARTS) is 1. The summed E-state index contributed by atoms with van der Waals surface area (Å²) < 4.78 is 0. The maximum Gasteiger partial charge on any atom is 0.335 e. The minimum Gasteiger partial charge on any atom is -0.478 e. The van der Waals surface area contributed by atoms with Crippen LogP contribution in [-0.4, -0.2) is 26.8 Å². The molecule has 0 bridgehead atoms. The van der Waals surface area contributed by atoms with Crippen molar-refractivity contribution < 1.29 is 14.7 Å². The minimum atomic E-state index is -0.992. The van der Waals surface area contributed by atoms with Gasteiger partial charge in [-0.25, -0.2) is 14.8 Å². The number of ketones is 1. The fourth-order valence-corrected chi connectivity index (χ4v) is 5.35. The van der Waals surface area contributed by atoms with Gasteiger partial charge in [0.05, 0.1) is 22.2 Å². The Morgan fingerprint density at radius 2 is 1.88 bits per heavy atom. The zero-order chi connectivity index (χ0) is 23.2. The Morgan fingerprint density at radius 1 is 1.15 bits per heavy atom. The van der Waals surface area contributed by atoms with Crippen LogP contribution in [-0.2, 0) is 16.6 Å². The van der Waals surface area contributed by atoms with Crippen LogP contribution in [0.15, 0.2) is 72.4 Å². The molecule has 0 aliphatic heterocycles. The number of hydrogen-bond acceptors (Lipinski definition) is 5. The van der Waals surface area contributed by atoms with Crippen molar-refractivity contribution in [1.29, 1.82) is 5.26 Å². The second-order valence-corrected chi connectivity index (χ2v) is 8.65. The number of Topliss-reactive ketones (excluding diaryl/α,β-unsaturated/α-hetero) is 1. The second-order valence-electron chi connectivity index (χ2n) is 8.65. The number of nitrogens with zero attached hydrogens (tertiary/aromatic N) is 3. The first-order valence-corrected chi connectivity index (χ1v) is 10.9. The lowest BCUT2D eigenvalue weighted by molar-refractivity contribution is -0.121. The first-order chi connectivity index (χ1) is 16.0. The van der Waals surface area contributed by atoms with E-state index in [0.29, 0.717) is 11.4 Å². The molecule has 2 aliphatic rings. The number of hydrogen-bond donors (Lipinski definition) is 1. The van der Waals surface area contributed by atoms with E-state index in [4.69, 9.17) is 4.98 Å². The van der Waals surface area contributed by atoms with Crippen molar-refractivity contribution in [2.75, 3.05) is 0 Å². The van der Waals surface area contributed by atoms with Crippen molar-refractivity contribution in [2.24, 2.45) is 11.8 Å². The van der Waals surface area contributed by atoms with Gasteiger partial charge in [0.2, 0.25) is 0 Å². The van der Waals surface area contributed by atoms with Gasteiger partial charge in [0, 0.05) is 17.7 Å². The molecular weight excluding hydrogens is 414 g/mol. The van der Waals surface area contributed by atoms with E-state index in [2.05, 4.69) is 11.1 Å². The van der Waals surface area contributed by atoms with Crippen LogP contribution in [0, 0.1) is 23.2 Å². The molecule has 6 heteroatoms. The van der Waals surface area contributed by atoms with Crippen LogP contribution < -0.4 is 0 Å². The summed E-state index contributed by atoms with van der Waals surface area (Å²) in [5.41, 5.74) is 3.15. The van der Waals surface area contributed by atoms with Crippen molar-refractivity contribution in [3.8, 4) is 17.5 Å². The number of aromatic carboxylic acids is 1. The van der Waals surface area contributed by atoms with Gasteiger partial charge >= 0.3 is 5.97 Å². The molecule has 3 atom stereocenters. The average Bonchev–Trinajstić information content (AvgIpc) is 2.86. The van der Waals surface area contributed by atoms with Gasteiger partial charge in [-0.2, -0.15) is 5.26 Å². The van der Waals surface area contributed by atoms with E-state index in [0.717, 1.165) is 29.7 Å². The van der Waals surface area contributed by atoms with E-state index in [1.807, 2.05) is 49.5 Å². The molecule has 0 spiro atoms. The van der Waals surface area contributed by atoms with E-state index in [9.17, 15) is 20.0 Å². The molecule has 1 N–H and O–H groups in total. The number of nitriles is 1. The standard InChI is InChI=1S/C27H21N3O3/c1-16-22-12-11-19-15-29-25(17-7-9-18(10-8-17)26(32)33)30-24(19)27(22,13-20(14-28)23(16)31)21-5-3-2-4-6-21/h2-10,13,15-16,22H,11-12H2,1H3,(H,32,33)/t16-,22?,27+/m0/s1. The Kier molecular flexibility index (Phi) is 4.90. The molecule has 5 rings (SSSR count).